The molecule has 0 saturated heterocycles. The topological polar surface area (TPSA) is 54.5 Å². The van der Waals surface area contributed by atoms with Crippen LogP contribution in [0.2, 0.25) is 0 Å². The zero-order valence-electron chi connectivity index (χ0n) is 11.2. The van der Waals surface area contributed by atoms with Gasteiger partial charge in [0, 0.05) is 6.42 Å². The highest BCUT2D eigenvalue weighted by atomic mass is 32.2. The third-order valence-corrected chi connectivity index (χ3v) is 5.27. The van der Waals surface area contributed by atoms with Gasteiger partial charge in [-0.3, -0.25) is 0 Å². The fourth-order valence-electron chi connectivity index (χ4n) is 2.68. The quantitative estimate of drug-likeness (QED) is 0.871. The molecule has 4 rings (SSSR count). The van der Waals surface area contributed by atoms with Crippen molar-refractivity contribution in [2.24, 2.45) is 0 Å². The van der Waals surface area contributed by atoms with Crippen molar-refractivity contribution < 1.29 is 4.39 Å². The third-order valence-electron chi connectivity index (χ3n) is 4.02. The monoisotopic (exact) mass is 300 g/mol. The molecular formula is C15H13FN4S. The number of nitriles is 1. The van der Waals surface area contributed by atoms with Crippen LogP contribution in [-0.2, 0) is 0 Å². The van der Waals surface area contributed by atoms with Crippen LogP contribution in [0.5, 0.6) is 0 Å². The SMILES string of the molecule is N#CC1(Sc2nc3n(n2)[C@H](c2ccccc2)C[C@@H]3F)CC1. The maximum absolute atomic E-state index is 14.2. The van der Waals surface area contributed by atoms with Crippen LogP contribution in [0.15, 0.2) is 35.5 Å². The first-order valence-electron chi connectivity index (χ1n) is 6.96. The van der Waals surface area contributed by atoms with E-state index in [1.165, 1.54) is 11.8 Å². The summed E-state index contributed by atoms with van der Waals surface area (Å²) in [4.78, 5) is 4.31. The molecule has 2 aromatic rings. The maximum atomic E-state index is 14.2. The Labute approximate surface area is 126 Å². The summed E-state index contributed by atoms with van der Waals surface area (Å²) in [6.07, 6.45) is 1.01. The molecule has 21 heavy (non-hydrogen) atoms. The van der Waals surface area contributed by atoms with Crippen LogP contribution in [0.25, 0.3) is 0 Å². The normalized spacial score (nSPS) is 25.3. The van der Waals surface area contributed by atoms with Crippen LogP contribution in [0.1, 0.15) is 42.9 Å². The van der Waals surface area contributed by atoms with E-state index in [0.29, 0.717) is 17.4 Å². The van der Waals surface area contributed by atoms with E-state index in [9.17, 15) is 4.39 Å². The van der Waals surface area contributed by atoms with Gasteiger partial charge < -0.3 is 0 Å². The number of fused-ring (bicyclic) bond motifs is 1. The van der Waals surface area contributed by atoms with E-state index >= 15 is 0 Å². The number of hydrogen-bond donors (Lipinski definition) is 0. The zero-order chi connectivity index (χ0) is 14.4. The van der Waals surface area contributed by atoms with Crippen molar-refractivity contribution in [1.82, 2.24) is 14.8 Å². The highest BCUT2D eigenvalue weighted by Gasteiger charge is 2.46. The van der Waals surface area contributed by atoms with Crippen molar-refractivity contribution in [1.29, 1.82) is 5.26 Å². The molecular weight excluding hydrogens is 287 g/mol. The van der Waals surface area contributed by atoms with Crippen molar-refractivity contribution in [2.75, 3.05) is 0 Å². The minimum Gasteiger partial charge on any atom is -0.239 e. The van der Waals surface area contributed by atoms with Gasteiger partial charge >= 0.3 is 0 Å². The van der Waals surface area contributed by atoms with Gasteiger partial charge in [0.25, 0.3) is 0 Å². The lowest BCUT2D eigenvalue weighted by molar-refractivity contribution is 0.327. The highest BCUT2D eigenvalue weighted by Crippen LogP contribution is 2.51. The molecule has 0 unspecified atom stereocenters. The lowest BCUT2D eigenvalue weighted by atomic mass is 10.0. The summed E-state index contributed by atoms with van der Waals surface area (Å²) in [6, 6.07) is 12.0. The van der Waals surface area contributed by atoms with Crippen molar-refractivity contribution >= 4 is 11.8 Å². The Balaban J connectivity index is 1.67. The van der Waals surface area contributed by atoms with E-state index in [2.05, 4.69) is 16.2 Å². The summed E-state index contributed by atoms with van der Waals surface area (Å²) in [5.74, 6) is 0.389. The molecule has 0 N–H and O–H groups in total. The lowest BCUT2D eigenvalue weighted by Crippen LogP contribution is -2.07. The lowest BCUT2D eigenvalue weighted by Gasteiger charge is -2.11. The van der Waals surface area contributed by atoms with Gasteiger partial charge in [-0.05, 0) is 18.4 Å². The molecule has 0 amide bonds. The Morgan fingerprint density at radius 1 is 1.33 bits per heavy atom. The molecule has 0 spiro atoms. The standard InChI is InChI=1S/C15H13FN4S/c16-11-8-12(10-4-2-1-3-5-10)20-13(11)18-14(19-20)21-15(9-17)6-7-15/h1-5,11-12H,6-8H2/t11-,12-/m0/s1. The second-order valence-corrected chi connectivity index (χ2v) is 6.89. The van der Waals surface area contributed by atoms with Gasteiger partial charge in [0.15, 0.2) is 12.0 Å². The number of benzene rings is 1. The molecule has 2 aliphatic rings. The molecule has 2 heterocycles. The fraction of sp³-hybridized carbons (Fsp3) is 0.400. The summed E-state index contributed by atoms with van der Waals surface area (Å²) >= 11 is 1.37. The Morgan fingerprint density at radius 2 is 2.10 bits per heavy atom. The predicted molar refractivity (Wildman–Crippen MR) is 76.5 cm³/mol. The molecule has 1 saturated carbocycles. The molecule has 2 atom stereocenters. The van der Waals surface area contributed by atoms with Crippen LogP contribution in [0.4, 0.5) is 4.39 Å². The van der Waals surface area contributed by atoms with Crippen molar-refractivity contribution in [3.63, 3.8) is 0 Å². The number of halogens is 1. The van der Waals surface area contributed by atoms with E-state index in [1.807, 2.05) is 30.3 Å². The first-order valence-corrected chi connectivity index (χ1v) is 7.78. The van der Waals surface area contributed by atoms with Gasteiger partial charge in [-0.1, -0.05) is 42.1 Å². The Hall–Kier alpha value is -1.87. The average molecular weight is 300 g/mol. The fourth-order valence-corrected chi connectivity index (χ4v) is 3.65. The minimum absolute atomic E-state index is 0.102. The summed E-state index contributed by atoms with van der Waals surface area (Å²) in [6.45, 7) is 0. The van der Waals surface area contributed by atoms with Gasteiger partial charge in [-0.25, -0.2) is 14.1 Å². The molecule has 1 aromatic heterocycles. The van der Waals surface area contributed by atoms with Crippen molar-refractivity contribution in [3.05, 3.63) is 41.7 Å². The molecule has 4 nitrogen and oxygen atoms in total. The maximum Gasteiger partial charge on any atom is 0.210 e. The molecule has 1 fully saturated rings. The molecule has 0 radical (unpaired) electrons. The van der Waals surface area contributed by atoms with E-state index in [0.717, 1.165) is 18.4 Å². The van der Waals surface area contributed by atoms with E-state index in [1.54, 1.807) is 4.68 Å². The Bertz CT molecular complexity index is 717. The second kappa shape index (κ2) is 4.57. The Kier molecular flexibility index (Phi) is 2.79. The van der Waals surface area contributed by atoms with Crippen molar-refractivity contribution in [2.45, 2.75) is 41.4 Å². The van der Waals surface area contributed by atoms with Crippen LogP contribution in [-0.4, -0.2) is 19.5 Å². The van der Waals surface area contributed by atoms with Crippen LogP contribution < -0.4 is 0 Å². The predicted octanol–water partition coefficient (Wildman–Crippen LogP) is 3.43. The molecule has 1 aromatic carbocycles. The number of rotatable bonds is 3. The zero-order valence-corrected chi connectivity index (χ0v) is 12.1. The average Bonchev–Trinajstić information content (AvgIpc) is 3.05. The van der Waals surface area contributed by atoms with Crippen molar-refractivity contribution in [3.8, 4) is 6.07 Å². The summed E-state index contributed by atoms with van der Waals surface area (Å²) in [5, 5.41) is 14.1. The number of hydrogen-bond acceptors (Lipinski definition) is 4. The smallest absolute Gasteiger partial charge is 0.210 e. The van der Waals surface area contributed by atoms with Crippen LogP contribution in [0, 0.1) is 11.3 Å². The molecule has 0 bridgehead atoms. The summed E-state index contributed by atoms with van der Waals surface area (Å²) in [7, 11) is 0. The van der Waals surface area contributed by atoms with Gasteiger partial charge in [0.05, 0.1) is 12.1 Å². The minimum atomic E-state index is -1.09. The second-order valence-electron chi connectivity index (χ2n) is 5.54. The van der Waals surface area contributed by atoms with E-state index < -0.39 is 6.17 Å². The summed E-state index contributed by atoms with van der Waals surface area (Å²) in [5.41, 5.74) is 1.04. The van der Waals surface area contributed by atoms with Gasteiger partial charge in [0.2, 0.25) is 5.16 Å². The molecule has 6 heteroatoms. The van der Waals surface area contributed by atoms with Gasteiger partial charge in [-0.2, -0.15) is 5.26 Å². The number of thioether (sulfide) groups is 1. The first kappa shape index (κ1) is 12.8. The Morgan fingerprint density at radius 3 is 2.76 bits per heavy atom. The van der Waals surface area contributed by atoms with Gasteiger partial charge in [0.1, 0.15) is 4.75 Å². The number of nitrogens with zero attached hydrogens (tertiary/aromatic N) is 4. The number of alkyl halides is 1. The van der Waals surface area contributed by atoms with E-state index in [4.69, 9.17) is 5.26 Å². The van der Waals surface area contributed by atoms with Gasteiger partial charge in [-0.15, -0.1) is 5.10 Å². The van der Waals surface area contributed by atoms with E-state index in [-0.39, 0.29) is 10.8 Å². The highest BCUT2D eigenvalue weighted by molar-refractivity contribution is 8.01. The van der Waals surface area contributed by atoms with Crippen LogP contribution in [0.3, 0.4) is 0 Å². The summed E-state index contributed by atoms with van der Waals surface area (Å²) < 4.78 is 15.5. The molecule has 106 valence electrons. The third kappa shape index (κ3) is 2.12. The first-order chi connectivity index (χ1) is 10.2. The molecule has 1 aliphatic heterocycles. The number of aromatic nitrogens is 3. The largest absolute Gasteiger partial charge is 0.239 e. The van der Waals surface area contributed by atoms with Crippen LogP contribution >= 0.6 is 11.8 Å². The molecule has 1 aliphatic carbocycles.